The highest BCUT2D eigenvalue weighted by molar-refractivity contribution is 6.35. The zero-order valence-corrected chi connectivity index (χ0v) is 20.4. The van der Waals surface area contributed by atoms with E-state index in [-0.39, 0.29) is 21.9 Å². The van der Waals surface area contributed by atoms with Gasteiger partial charge in [-0.2, -0.15) is 13.2 Å². The van der Waals surface area contributed by atoms with Gasteiger partial charge >= 0.3 is 6.18 Å². The first-order chi connectivity index (χ1) is 17.5. The summed E-state index contributed by atoms with van der Waals surface area (Å²) in [6.45, 7) is 5.27. The van der Waals surface area contributed by atoms with Gasteiger partial charge in [0.15, 0.2) is 0 Å². The fourth-order valence-corrected chi connectivity index (χ4v) is 5.20. The summed E-state index contributed by atoms with van der Waals surface area (Å²) in [7, 11) is 0. The lowest BCUT2D eigenvalue weighted by Gasteiger charge is -2.28. The third kappa shape index (κ3) is 4.47. The van der Waals surface area contributed by atoms with Gasteiger partial charge in [-0.15, -0.1) is 0 Å². The molecule has 2 aliphatic heterocycles. The summed E-state index contributed by atoms with van der Waals surface area (Å²) in [5, 5.41) is 14.5. The van der Waals surface area contributed by atoms with Gasteiger partial charge in [0.25, 0.3) is 11.6 Å². The topological polar surface area (TPSA) is 80.4 Å². The van der Waals surface area contributed by atoms with Crippen LogP contribution in [0.3, 0.4) is 0 Å². The van der Waals surface area contributed by atoms with Crippen molar-refractivity contribution in [2.75, 3.05) is 23.3 Å². The first kappa shape index (κ1) is 24.6. The number of aryl methyl sites for hydroxylation is 1. The van der Waals surface area contributed by atoms with Crippen LogP contribution in [0.4, 0.5) is 30.2 Å². The second-order valence-electron chi connectivity index (χ2n) is 9.41. The number of alkyl halides is 3. The number of fused-ring (bicyclic) bond motifs is 1. The van der Waals surface area contributed by atoms with Crippen molar-refractivity contribution >= 4 is 34.6 Å². The number of carbonyl (C=O) groups excluding carboxylic acids is 1. The van der Waals surface area contributed by atoms with Crippen molar-refractivity contribution in [2.24, 2.45) is 0 Å². The van der Waals surface area contributed by atoms with Crippen molar-refractivity contribution < 1.29 is 22.9 Å². The van der Waals surface area contributed by atoms with E-state index in [9.17, 15) is 28.1 Å². The molecule has 5 rings (SSSR count). The number of aromatic nitrogens is 1. The standard InChI is InChI=1S/C27H25F3N4O3/c1-16-12-18(13-22-21-8-6-19(27(28,29)30)14-23(21)31-26(22)35)17(2)33(16)20-7-9-24(25(15-20)34(36)37)32-10-4-3-5-11-32/h6-9,12-15H,3-5,10-11H2,1-2H3,(H,31,35)/b22-13+. The number of carbonyl (C=O) groups is 1. The maximum Gasteiger partial charge on any atom is 0.416 e. The minimum atomic E-state index is -4.51. The highest BCUT2D eigenvalue weighted by atomic mass is 19.4. The summed E-state index contributed by atoms with van der Waals surface area (Å²) in [5.74, 6) is -0.486. The zero-order valence-electron chi connectivity index (χ0n) is 20.4. The van der Waals surface area contributed by atoms with E-state index in [0.717, 1.165) is 55.9 Å². The molecule has 1 amide bonds. The van der Waals surface area contributed by atoms with E-state index in [0.29, 0.717) is 22.5 Å². The summed E-state index contributed by atoms with van der Waals surface area (Å²) in [6, 6.07) is 10.2. The molecule has 1 fully saturated rings. The predicted molar refractivity (Wildman–Crippen MR) is 136 cm³/mol. The molecule has 10 heteroatoms. The molecule has 3 heterocycles. The maximum atomic E-state index is 13.1. The monoisotopic (exact) mass is 510 g/mol. The molecule has 3 aromatic rings. The Balaban J connectivity index is 1.53. The summed E-state index contributed by atoms with van der Waals surface area (Å²) in [5.41, 5.74) is 3.45. The molecule has 37 heavy (non-hydrogen) atoms. The number of nitrogens with zero attached hydrogens (tertiary/aromatic N) is 3. The van der Waals surface area contributed by atoms with E-state index in [2.05, 4.69) is 10.2 Å². The normalized spacial score (nSPS) is 16.7. The zero-order chi connectivity index (χ0) is 26.5. The van der Waals surface area contributed by atoms with Crippen LogP contribution in [0.25, 0.3) is 17.3 Å². The summed E-state index contributed by atoms with van der Waals surface area (Å²) >= 11 is 0. The molecule has 192 valence electrons. The van der Waals surface area contributed by atoms with E-state index >= 15 is 0 Å². The molecule has 1 aromatic heterocycles. The fourth-order valence-electron chi connectivity index (χ4n) is 5.20. The second-order valence-corrected chi connectivity index (χ2v) is 9.41. The van der Waals surface area contributed by atoms with Gasteiger partial charge in [0.2, 0.25) is 0 Å². The van der Waals surface area contributed by atoms with Gasteiger partial charge in [0, 0.05) is 47.4 Å². The molecule has 0 bridgehead atoms. The second kappa shape index (κ2) is 9.10. The Morgan fingerprint density at radius 2 is 1.76 bits per heavy atom. The van der Waals surface area contributed by atoms with Crippen LogP contribution in [0.1, 0.15) is 47.3 Å². The van der Waals surface area contributed by atoms with Crippen LogP contribution in [0.2, 0.25) is 0 Å². The number of rotatable bonds is 4. The van der Waals surface area contributed by atoms with Crippen molar-refractivity contribution in [1.82, 2.24) is 4.57 Å². The molecular formula is C27H25F3N4O3. The maximum absolute atomic E-state index is 13.1. The van der Waals surface area contributed by atoms with E-state index in [1.807, 2.05) is 30.5 Å². The lowest BCUT2D eigenvalue weighted by atomic mass is 10.0. The number of nitrogens with one attached hydrogen (secondary N) is 1. The first-order valence-corrected chi connectivity index (χ1v) is 12.0. The molecule has 7 nitrogen and oxygen atoms in total. The van der Waals surface area contributed by atoms with Crippen molar-refractivity contribution in [3.8, 4) is 5.69 Å². The molecule has 0 atom stereocenters. The van der Waals surface area contributed by atoms with Crippen molar-refractivity contribution in [2.45, 2.75) is 39.3 Å². The van der Waals surface area contributed by atoms with E-state index in [4.69, 9.17) is 0 Å². The SMILES string of the molecule is Cc1cc(/C=C2/C(=O)Nc3cc(C(F)(F)F)ccc32)c(C)n1-c1ccc(N2CCCCC2)c([N+](=O)[O-])c1. The Morgan fingerprint density at radius 3 is 2.43 bits per heavy atom. The average Bonchev–Trinajstić information content (AvgIpc) is 3.32. The van der Waals surface area contributed by atoms with Crippen LogP contribution < -0.4 is 10.2 Å². The van der Waals surface area contributed by atoms with E-state index in [1.54, 1.807) is 18.2 Å². The Labute approximate surface area is 211 Å². The summed E-state index contributed by atoms with van der Waals surface area (Å²) in [4.78, 5) is 26.3. The van der Waals surface area contributed by atoms with Crippen molar-refractivity contribution in [3.63, 3.8) is 0 Å². The largest absolute Gasteiger partial charge is 0.416 e. The molecule has 0 aliphatic carbocycles. The van der Waals surface area contributed by atoms with Gasteiger partial charge in [-0.05, 0) is 75.1 Å². The predicted octanol–water partition coefficient (Wildman–Crippen LogP) is 6.50. The van der Waals surface area contributed by atoms with Crippen molar-refractivity contribution in [1.29, 1.82) is 0 Å². The van der Waals surface area contributed by atoms with Crippen LogP contribution in [0, 0.1) is 24.0 Å². The summed E-state index contributed by atoms with van der Waals surface area (Å²) in [6.07, 6.45) is 0.253. The highest BCUT2D eigenvalue weighted by Gasteiger charge is 2.34. The Morgan fingerprint density at radius 1 is 1.03 bits per heavy atom. The molecular weight excluding hydrogens is 485 g/mol. The lowest BCUT2D eigenvalue weighted by molar-refractivity contribution is -0.384. The van der Waals surface area contributed by atoms with Crippen LogP contribution >= 0.6 is 0 Å². The van der Waals surface area contributed by atoms with Gasteiger partial charge in [-0.1, -0.05) is 6.07 Å². The van der Waals surface area contributed by atoms with Gasteiger partial charge in [0.1, 0.15) is 5.69 Å². The average molecular weight is 511 g/mol. The van der Waals surface area contributed by atoms with Gasteiger partial charge in [-0.25, -0.2) is 0 Å². The number of piperidine rings is 1. The number of halogens is 3. The third-order valence-corrected chi connectivity index (χ3v) is 7.01. The molecule has 2 aliphatic rings. The molecule has 2 aromatic carbocycles. The number of anilines is 2. The van der Waals surface area contributed by atoms with Gasteiger partial charge in [-0.3, -0.25) is 14.9 Å². The van der Waals surface area contributed by atoms with Crippen LogP contribution in [-0.4, -0.2) is 28.5 Å². The van der Waals surface area contributed by atoms with Crippen LogP contribution in [0.15, 0.2) is 42.5 Å². The Bertz CT molecular complexity index is 1450. The number of hydrogen-bond acceptors (Lipinski definition) is 4. The van der Waals surface area contributed by atoms with E-state index in [1.165, 1.54) is 6.07 Å². The molecule has 0 unspecified atom stereocenters. The lowest BCUT2D eigenvalue weighted by Crippen LogP contribution is -2.30. The van der Waals surface area contributed by atoms with Gasteiger partial charge in [0.05, 0.1) is 16.2 Å². The molecule has 1 saturated heterocycles. The Hall–Kier alpha value is -4.08. The minimum absolute atomic E-state index is 0.0383. The van der Waals surface area contributed by atoms with E-state index < -0.39 is 17.6 Å². The third-order valence-electron chi connectivity index (χ3n) is 7.01. The minimum Gasteiger partial charge on any atom is -0.366 e. The number of nitro groups is 1. The first-order valence-electron chi connectivity index (χ1n) is 12.0. The smallest absolute Gasteiger partial charge is 0.366 e. The molecule has 0 radical (unpaired) electrons. The highest BCUT2D eigenvalue weighted by Crippen LogP contribution is 2.39. The molecule has 0 spiro atoms. The van der Waals surface area contributed by atoms with Gasteiger partial charge < -0.3 is 14.8 Å². The van der Waals surface area contributed by atoms with Crippen LogP contribution in [-0.2, 0) is 11.0 Å². The number of nitro benzene ring substituents is 1. The molecule has 0 saturated carbocycles. The Kier molecular flexibility index (Phi) is 6.05. The number of hydrogen-bond donors (Lipinski definition) is 1. The molecule has 1 N–H and O–H groups in total. The summed E-state index contributed by atoms with van der Waals surface area (Å²) < 4.78 is 41.2. The van der Waals surface area contributed by atoms with Crippen molar-refractivity contribution in [3.05, 3.63) is 80.7 Å². The van der Waals surface area contributed by atoms with Crippen LogP contribution in [0.5, 0.6) is 0 Å². The fraction of sp³-hybridized carbons (Fsp3) is 0.296. The number of benzene rings is 2. The quantitative estimate of drug-likeness (QED) is 0.247. The number of amides is 1.